The van der Waals surface area contributed by atoms with E-state index in [0.29, 0.717) is 0 Å². The summed E-state index contributed by atoms with van der Waals surface area (Å²) in [5.74, 6) is 0. The van der Waals surface area contributed by atoms with Crippen LogP contribution in [0.1, 0.15) is 17.8 Å². The van der Waals surface area contributed by atoms with Gasteiger partial charge in [0, 0.05) is 25.2 Å². The van der Waals surface area contributed by atoms with Crippen molar-refractivity contribution in [3.63, 3.8) is 0 Å². The van der Waals surface area contributed by atoms with Crippen LogP contribution in [0, 0.1) is 6.92 Å². The molecule has 0 aliphatic rings. The number of nitrogens with two attached hydrogens (primary N) is 1. The SMILES string of the molecule is C=CCC(N)Cc1cc(C)nn1C. The summed E-state index contributed by atoms with van der Waals surface area (Å²) in [6.07, 6.45) is 3.57. The van der Waals surface area contributed by atoms with Gasteiger partial charge in [-0.05, 0) is 19.4 Å². The molecule has 0 aromatic carbocycles. The van der Waals surface area contributed by atoms with Crippen molar-refractivity contribution in [1.29, 1.82) is 0 Å². The van der Waals surface area contributed by atoms with Crippen LogP contribution in [0.15, 0.2) is 18.7 Å². The molecule has 2 N–H and O–H groups in total. The second-order valence-electron chi connectivity index (χ2n) is 3.39. The molecule has 3 heteroatoms. The lowest BCUT2D eigenvalue weighted by atomic mass is 10.1. The van der Waals surface area contributed by atoms with E-state index in [9.17, 15) is 0 Å². The number of aromatic nitrogens is 2. The van der Waals surface area contributed by atoms with E-state index in [1.165, 1.54) is 5.69 Å². The van der Waals surface area contributed by atoms with Crippen molar-refractivity contribution in [1.82, 2.24) is 9.78 Å². The molecule has 0 amide bonds. The molecule has 0 aliphatic heterocycles. The van der Waals surface area contributed by atoms with Gasteiger partial charge in [-0.2, -0.15) is 5.10 Å². The summed E-state index contributed by atoms with van der Waals surface area (Å²) >= 11 is 0. The van der Waals surface area contributed by atoms with Gasteiger partial charge in [0.15, 0.2) is 0 Å². The Morgan fingerprint density at radius 2 is 2.46 bits per heavy atom. The topological polar surface area (TPSA) is 43.8 Å². The zero-order chi connectivity index (χ0) is 9.84. The molecule has 1 aromatic heterocycles. The highest BCUT2D eigenvalue weighted by molar-refractivity contribution is 5.10. The molecule has 1 unspecified atom stereocenters. The molecule has 13 heavy (non-hydrogen) atoms. The largest absolute Gasteiger partial charge is 0.327 e. The van der Waals surface area contributed by atoms with Crippen molar-refractivity contribution in [3.8, 4) is 0 Å². The van der Waals surface area contributed by atoms with E-state index < -0.39 is 0 Å². The van der Waals surface area contributed by atoms with Gasteiger partial charge in [-0.15, -0.1) is 6.58 Å². The van der Waals surface area contributed by atoms with Crippen LogP contribution in [-0.2, 0) is 13.5 Å². The maximum absolute atomic E-state index is 5.88. The first kappa shape index (κ1) is 9.99. The molecule has 1 heterocycles. The fourth-order valence-corrected chi connectivity index (χ4v) is 1.42. The quantitative estimate of drug-likeness (QED) is 0.705. The van der Waals surface area contributed by atoms with Gasteiger partial charge in [0.1, 0.15) is 0 Å². The van der Waals surface area contributed by atoms with Crippen LogP contribution in [-0.4, -0.2) is 15.8 Å². The Kier molecular flexibility index (Phi) is 3.25. The maximum Gasteiger partial charge on any atom is 0.0596 e. The molecule has 0 saturated heterocycles. The Morgan fingerprint density at radius 1 is 1.77 bits per heavy atom. The fraction of sp³-hybridized carbons (Fsp3) is 0.500. The minimum absolute atomic E-state index is 0.160. The molecule has 1 rings (SSSR count). The summed E-state index contributed by atoms with van der Waals surface area (Å²) < 4.78 is 1.89. The van der Waals surface area contributed by atoms with E-state index in [0.717, 1.165) is 18.5 Å². The Balaban J connectivity index is 2.62. The number of aryl methyl sites for hydroxylation is 2. The Labute approximate surface area is 79.2 Å². The van der Waals surface area contributed by atoms with E-state index in [1.54, 1.807) is 0 Å². The molecule has 0 radical (unpaired) electrons. The van der Waals surface area contributed by atoms with Gasteiger partial charge in [-0.3, -0.25) is 4.68 Å². The van der Waals surface area contributed by atoms with Crippen LogP contribution < -0.4 is 5.73 Å². The van der Waals surface area contributed by atoms with Gasteiger partial charge in [0.2, 0.25) is 0 Å². The zero-order valence-electron chi connectivity index (χ0n) is 8.33. The molecular weight excluding hydrogens is 162 g/mol. The number of nitrogens with zero attached hydrogens (tertiary/aromatic N) is 2. The highest BCUT2D eigenvalue weighted by atomic mass is 15.3. The third-order valence-corrected chi connectivity index (χ3v) is 2.04. The standard InChI is InChI=1S/C10H17N3/c1-4-5-9(11)7-10-6-8(2)12-13(10)3/h4,6,9H,1,5,7,11H2,2-3H3. The molecule has 0 bridgehead atoms. The number of hydrogen-bond acceptors (Lipinski definition) is 2. The van der Waals surface area contributed by atoms with Crippen molar-refractivity contribution in [2.45, 2.75) is 25.8 Å². The van der Waals surface area contributed by atoms with Crippen LogP contribution in [0.2, 0.25) is 0 Å². The molecule has 0 aliphatic carbocycles. The van der Waals surface area contributed by atoms with E-state index in [2.05, 4.69) is 17.7 Å². The minimum Gasteiger partial charge on any atom is -0.327 e. The van der Waals surface area contributed by atoms with Crippen LogP contribution in [0.4, 0.5) is 0 Å². The van der Waals surface area contributed by atoms with Crippen molar-refractivity contribution in [2.75, 3.05) is 0 Å². The normalized spacial score (nSPS) is 12.8. The Bertz CT molecular complexity index is 288. The van der Waals surface area contributed by atoms with Gasteiger partial charge in [0.25, 0.3) is 0 Å². The smallest absolute Gasteiger partial charge is 0.0596 e. The van der Waals surface area contributed by atoms with Gasteiger partial charge >= 0.3 is 0 Å². The molecule has 1 atom stereocenters. The third kappa shape index (κ3) is 2.70. The summed E-state index contributed by atoms with van der Waals surface area (Å²) in [7, 11) is 1.95. The summed E-state index contributed by atoms with van der Waals surface area (Å²) in [4.78, 5) is 0. The second-order valence-corrected chi connectivity index (χ2v) is 3.39. The number of rotatable bonds is 4. The van der Waals surface area contributed by atoms with E-state index in [4.69, 9.17) is 5.73 Å². The summed E-state index contributed by atoms with van der Waals surface area (Å²) in [6.45, 7) is 5.66. The lowest BCUT2D eigenvalue weighted by molar-refractivity contribution is 0.620. The molecule has 1 aromatic rings. The van der Waals surface area contributed by atoms with Crippen molar-refractivity contribution in [3.05, 3.63) is 30.1 Å². The average Bonchev–Trinajstić information content (AvgIpc) is 2.30. The predicted octanol–water partition coefficient (Wildman–Crippen LogP) is 1.17. The van der Waals surface area contributed by atoms with Crippen LogP contribution >= 0.6 is 0 Å². The van der Waals surface area contributed by atoms with Crippen molar-refractivity contribution < 1.29 is 0 Å². The van der Waals surface area contributed by atoms with Crippen molar-refractivity contribution >= 4 is 0 Å². The summed E-state index contributed by atoms with van der Waals surface area (Å²) in [5.41, 5.74) is 8.11. The fourth-order valence-electron chi connectivity index (χ4n) is 1.42. The highest BCUT2D eigenvalue weighted by Crippen LogP contribution is 2.06. The summed E-state index contributed by atoms with van der Waals surface area (Å²) in [5, 5.41) is 4.26. The Hall–Kier alpha value is -1.09. The number of hydrogen-bond donors (Lipinski definition) is 1. The lowest BCUT2D eigenvalue weighted by Crippen LogP contribution is -2.23. The van der Waals surface area contributed by atoms with Crippen LogP contribution in [0.5, 0.6) is 0 Å². The van der Waals surface area contributed by atoms with E-state index >= 15 is 0 Å². The predicted molar refractivity (Wildman–Crippen MR) is 54.4 cm³/mol. The Morgan fingerprint density at radius 3 is 2.92 bits per heavy atom. The molecule has 0 saturated carbocycles. The monoisotopic (exact) mass is 179 g/mol. The average molecular weight is 179 g/mol. The molecule has 0 fully saturated rings. The van der Waals surface area contributed by atoms with E-state index in [-0.39, 0.29) is 6.04 Å². The second kappa shape index (κ2) is 4.23. The van der Waals surface area contributed by atoms with Gasteiger partial charge in [0.05, 0.1) is 5.69 Å². The van der Waals surface area contributed by atoms with Gasteiger partial charge < -0.3 is 5.73 Å². The highest BCUT2D eigenvalue weighted by Gasteiger charge is 2.06. The first-order valence-electron chi connectivity index (χ1n) is 4.49. The van der Waals surface area contributed by atoms with Gasteiger partial charge in [-0.25, -0.2) is 0 Å². The molecule has 0 spiro atoms. The zero-order valence-corrected chi connectivity index (χ0v) is 8.33. The molecule has 3 nitrogen and oxygen atoms in total. The minimum atomic E-state index is 0.160. The summed E-state index contributed by atoms with van der Waals surface area (Å²) in [6, 6.07) is 2.23. The lowest BCUT2D eigenvalue weighted by Gasteiger charge is -2.08. The maximum atomic E-state index is 5.88. The van der Waals surface area contributed by atoms with Crippen LogP contribution in [0.25, 0.3) is 0 Å². The third-order valence-electron chi connectivity index (χ3n) is 2.04. The molecule has 72 valence electrons. The van der Waals surface area contributed by atoms with Crippen LogP contribution in [0.3, 0.4) is 0 Å². The van der Waals surface area contributed by atoms with Crippen molar-refractivity contribution in [2.24, 2.45) is 12.8 Å². The first-order chi connectivity index (χ1) is 6.13. The van der Waals surface area contributed by atoms with E-state index in [1.807, 2.05) is 24.7 Å². The first-order valence-corrected chi connectivity index (χ1v) is 4.49. The molecular formula is C10H17N3. The van der Waals surface area contributed by atoms with Gasteiger partial charge in [-0.1, -0.05) is 6.08 Å².